The first-order valence-electron chi connectivity index (χ1n) is 9.54. The van der Waals surface area contributed by atoms with Crippen molar-refractivity contribution in [3.05, 3.63) is 102 Å². The van der Waals surface area contributed by atoms with E-state index in [1.165, 1.54) is 48.2 Å². The summed E-state index contributed by atoms with van der Waals surface area (Å²) < 4.78 is 2.90. The SMILES string of the molecule is Cc1ccc2c(c1)[Se]c1cc(C)ccc1N2c1ccccc1-c1ccccc1. The monoisotopic (exact) mass is 427 g/mol. The Bertz CT molecular complexity index is 1110. The van der Waals surface area contributed by atoms with E-state index in [2.05, 4.69) is 110 Å². The van der Waals surface area contributed by atoms with Gasteiger partial charge >= 0.3 is 173 Å². The number of aryl methyl sites for hydroxylation is 2. The van der Waals surface area contributed by atoms with Crippen molar-refractivity contribution in [3.63, 3.8) is 0 Å². The molecule has 0 aliphatic carbocycles. The van der Waals surface area contributed by atoms with Gasteiger partial charge in [-0.15, -0.1) is 0 Å². The molecule has 1 aliphatic heterocycles. The second-order valence-electron chi connectivity index (χ2n) is 7.26. The van der Waals surface area contributed by atoms with Gasteiger partial charge in [-0.2, -0.15) is 0 Å². The van der Waals surface area contributed by atoms with Gasteiger partial charge in [-0.25, -0.2) is 0 Å². The van der Waals surface area contributed by atoms with Crippen LogP contribution in [0.15, 0.2) is 91.0 Å². The average molecular weight is 426 g/mol. The first kappa shape index (κ1) is 17.3. The number of hydrogen-bond donors (Lipinski definition) is 0. The molecule has 5 rings (SSSR count). The predicted molar refractivity (Wildman–Crippen MR) is 121 cm³/mol. The maximum atomic E-state index is 2.46. The summed E-state index contributed by atoms with van der Waals surface area (Å²) in [5, 5.41) is 0. The molecule has 0 bridgehead atoms. The second kappa shape index (κ2) is 6.98. The number of nitrogens with zero attached hydrogens (tertiary/aromatic N) is 1. The first-order chi connectivity index (χ1) is 13.7. The van der Waals surface area contributed by atoms with Crippen molar-refractivity contribution in [2.24, 2.45) is 0 Å². The summed E-state index contributed by atoms with van der Waals surface area (Å²) in [6.07, 6.45) is 0. The van der Waals surface area contributed by atoms with Gasteiger partial charge in [0.05, 0.1) is 0 Å². The Balaban J connectivity index is 1.78. The minimum absolute atomic E-state index is 0.320. The van der Waals surface area contributed by atoms with E-state index in [1.807, 2.05) is 0 Å². The zero-order valence-electron chi connectivity index (χ0n) is 16.0. The maximum absolute atomic E-state index is 2.46. The van der Waals surface area contributed by atoms with E-state index in [1.54, 1.807) is 0 Å². The molecule has 0 spiro atoms. The molecule has 0 saturated carbocycles. The van der Waals surface area contributed by atoms with Gasteiger partial charge in [0, 0.05) is 0 Å². The van der Waals surface area contributed by atoms with Gasteiger partial charge in [-0.05, 0) is 0 Å². The topological polar surface area (TPSA) is 3.24 Å². The van der Waals surface area contributed by atoms with Gasteiger partial charge in [0.2, 0.25) is 0 Å². The van der Waals surface area contributed by atoms with Crippen LogP contribution < -0.4 is 13.8 Å². The van der Waals surface area contributed by atoms with E-state index in [0.29, 0.717) is 15.0 Å². The van der Waals surface area contributed by atoms with Crippen molar-refractivity contribution in [1.29, 1.82) is 0 Å². The van der Waals surface area contributed by atoms with Crippen LogP contribution in [-0.4, -0.2) is 15.0 Å². The quantitative estimate of drug-likeness (QED) is 0.341. The predicted octanol–water partition coefficient (Wildman–Crippen LogP) is 5.41. The molecule has 0 saturated heterocycles. The molecule has 0 unspecified atom stereocenters. The van der Waals surface area contributed by atoms with E-state index in [4.69, 9.17) is 0 Å². The van der Waals surface area contributed by atoms with Crippen LogP contribution in [0.3, 0.4) is 0 Å². The van der Waals surface area contributed by atoms with E-state index in [9.17, 15) is 0 Å². The molecule has 0 fully saturated rings. The van der Waals surface area contributed by atoms with Crippen LogP contribution in [0.5, 0.6) is 0 Å². The van der Waals surface area contributed by atoms with Crippen molar-refractivity contribution in [1.82, 2.24) is 0 Å². The zero-order chi connectivity index (χ0) is 19.1. The van der Waals surface area contributed by atoms with Gasteiger partial charge in [0.15, 0.2) is 0 Å². The Morgan fingerprint density at radius 3 is 1.79 bits per heavy atom. The third-order valence-electron chi connectivity index (χ3n) is 5.16. The van der Waals surface area contributed by atoms with E-state index < -0.39 is 0 Å². The standard InChI is InChI=1S/C26H21NSe/c1-18-12-14-23-25(16-18)28-26-17-19(2)13-15-24(26)27(23)22-11-7-6-10-21(22)20-8-4-3-5-9-20/h3-17H,1-2H3. The summed E-state index contributed by atoms with van der Waals surface area (Å²) in [4.78, 5) is 2.46. The molecule has 2 heteroatoms. The van der Waals surface area contributed by atoms with Crippen molar-refractivity contribution in [3.8, 4) is 11.1 Å². The first-order valence-corrected chi connectivity index (χ1v) is 11.3. The fraction of sp³-hybridized carbons (Fsp3) is 0.0769. The van der Waals surface area contributed by atoms with Crippen LogP contribution in [0.25, 0.3) is 11.1 Å². The summed E-state index contributed by atoms with van der Waals surface area (Å²) >= 11 is 0.320. The Morgan fingerprint density at radius 1 is 0.571 bits per heavy atom. The van der Waals surface area contributed by atoms with Crippen LogP contribution in [0, 0.1) is 13.8 Å². The van der Waals surface area contributed by atoms with Crippen LogP contribution in [-0.2, 0) is 0 Å². The van der Waals surface area contributed by atoms with Crippen molar-refractivity contribution < 1.29 is 0 Å². The Morgan fingerprint density at radius 2 is 1.14 bits per heavy atom. The molecule has 1 nitrogen and oxygen atoms in total. The summed E-state index contributed by atoms with van der Waals surface area (Å²) in [6, 6.07) is 33.2. The van der Waals surface area contributed by atoms with Gasteiger partial charge in [-0.3, -0.25) is 0 Å². The molecule has 1 aliphatic rings. The fourth-order valence-corrected chi connectivity index (χ4v) is 6.45. The summed E-state index contributed by atoms with van der Waals surface area (Å²) in [5.74, 6) is 0. The summed E-state index contributed by atoms with van der Waals surface area (Å²) in [6.45, 7) is 4.37. The number of anilines is 3. The summed E-state index contributed by atoms with van der Waals surface area (Å²) in [7, 11) is 0. The van der Waals surface area contributed by atoms with Crippen LogP contribution in [0.1, 0.15) is 11.1 Å². The number of fused-ring (bicyclic) bond motifs is 2. The van der Waals surface area contributed by atoms with Crippen LogP contribution >= 0.6 is 0 Å². The third kappa shape index (κ3) is 2.96. The molecule has 28 heavy (non-hydrogen) atoms. The molecule has 1 heterocycles. The molecule has 0 radical (unpaired) electrons. The van der Waals surface area contributed by atoms with Crippen molar-refractivity contribution in [2.45, 2.75) is 13.8 Å². The molecule has 136 valence electrons. The van der Waals surface area contributed by atoms with E-state index in [-0.39, 0.29) is 0 Å². The number of para-hydroxylation sites is 1. The van der Waals surface area contributed by atoms with Gasteiger partial charge in [-0.1, -0.05) is 0 Å². The molecular formula is C26H21NSe. The van der Waals surface area contributed by atoms with Gasteiger partial charge < -0.3 is 0 Å². The molecule has 4 aromatic carbocycles. The van der Waals surface area contributed by atoms with Crippen molar-refractivity contribution >= 4 is 40.9 Å². The zero-order valence-corrected chi connectivity index (χ0v) is 17.7. The van der Waals surface area contributed by atoms with Crippen LogP contribution in [0.2, 0.25) is 0 Å². The normalized spacial score (nSPS) is 12.4. The third-order valence-corrected chi connectivity index (χ3v) is 7.46. The molecule has 0 aromatic heterocycles. The van der Waals surface area contributed by atoms with E-state index in [0.717, 1.165) is 0 Å². The Labute approximate surface area is 172 Å². The fourth-order valence-electron chi connectivity index (χ4n) is 3.81. The number of benzene rings is 4. The number of hydrogen-bond acceptors (Lipinski definition) is 1. The average Bonchev–Trinajstić information content (AvgIpc) is 2.72. The Hall–Kier alpha value is -2.80. The second-order valence-corrected chi connectivity index (χ2v) is 9.54. The number of rotatable bonds is 2. The van der Waals surface area contributed by atoms with Crippen LogP contribution in [0.4, 0.5) is 17.1 Å². The molecule has 0 N–H and O–H groups in total. The van der Waals surface area contributed by atoms with Gasteiger partial charge in [0.25, 0.3) is 0 Å². The Kier molecular flexibility index (Phi) is 4.31. The minimum atomic E-state index is 0.320. The van der Waals surface area contributed by atoms with Crippen molar-refractivity contribution in [2.75, 3.05) is 4.90 Å². The van der Waals surface area contributed by atoms with E-state index >= 15 is 0 Å². The molecule has 0 amide bonds. The van der Waals surface area contributed by atoms with Gasteiger partial charge in [0.1, 0.15) is 0 Å². The summed E-state index contributed by atoms with van der Waals surface area (Å²) in [5.41, 5.74) is 9.02. The molecule has 0 atom stereocenters. The molecule has 4 aromatic rings. The molecular weight excluding hydrogens is 405 g/mol.